The molecule has 0 radical (unpaired) electrons. The zero-order chi connectivity index (χ0) is 19.3. The smallest absolute Gasteiger partial charge is 0.251 e. The van der Waals surface area contributed by atoms with Crippen molar-refractivity contribution in [2.45, 2.75) is 39.3 Å². The fraction of sp³-hybridized carbons (Fsp3) is 0.333. The van der Waals surface area contributed by atoms with E-state index in [9.17, 15) is 14.7 Å². The summed E-state index contributed by atoms with van der Waals surface area (Å²) in [6.07, 6.45) is 0. The van der Waals surface area contributed by atoms with Crippen LogP contribution >= 0.6 is 0 Å². The highest BCUT2D eigenvalue weighted by Crippen LogP contribution is 2.23. The average Bonchev–Trinajstić information content (AvgIpc) is 2.61. The molecule has 2 rings (SSSR count). The van der Waals surface area contributed by atoms with Gasteiger partial charge in [0, 0.05) is 12.5 Å². The number of benzene rings is 2. The van der Waals surface area contributed by atoms with E-state index in [-0.39, 0.29) is 24.5 Å². The van der Waals surface area contributed by atoms with Crippen molar-refractivity contribution >= 4 is 11.8 Å². The van der Waals surface area contributed by atoms with Gasteiger partial charge in [0.15, 0.2) is 0 Å². The van der Waals surface area contributed by atoms with Crippen molar-refractivity contribution in [3.05, 3.63) is 59.7 Å². The Morgan fingerprint density at radius 1 is 1.08 bits per heavy atom. The molecule has 0 heterocycles. The van der Waals surface area contributed by atoms with Crippen LogP contribution in [0.15, 0.2) is 48.5 Å². The Kier molecular flexibility index (Phi) is 6.16. The molecule has 0 unspecified atom stereocenters. The predicted molar refractivity (Wildman–Crippen MR) is 103 cm³/mol. The second-order valence-corrected chi connectivity index (χ2v) is 7.12. The molecule has 0 saturated heterocycles. The lowest BCUT2D eigenvalue weighted by molar-refractivity contribution is -0.119. The summed E-state index contributed by atoms with van der Waals surface area (Å²) in [5.41, 5.74) is 2.80. The Morgan fingerprint density at radius 3 is 2.31 bits per heavy atom. The molecule has 0 saturated carbocycles. The number of aliphatic hydroxyl groups excluding tert-OH is 1. The summed E-state index contributed by atoms with van der Waals surface area (Å²) in [6.45, 7) is 6.84. The van der Waals surface area contributed by atoms with Crippen LogP contribution in [-0.2, 0) is 4.79 Å². The molecular formula is C21H26N2O3. The van der Waals surface area contributed by atoms with Crippen molar-refractivity contribution in [1.29, 1.82) is 0 Å². The number of amides is 2. The van der Waals surface area contributed by atoms with Crippen molar-refractivity contribution in [1.82, 2.24) is 10.6 Å². The van der Waals surface area contributed by atoms with Crippen LogP contribution in [0.3, 0.4) is 0 Å². The fourth-order valence-corrected chi connectivity index (χ4v) is 2.61. The van der Waals surface area contributed by atoms with Crippen LogP contribution in [-0.4, -0.2) is 29.1 Å². The van der Waals surface area contributed by atoms with Crippen LogP contribution in [0.2, 0.25) is 0 Å². The zero-order valence-electron chi connectivity index (χ0n) is 15.7. The van der Waals surface area contributed by atoms with Crippen molar-refractivity contribution in [2.24, 2.45) is 0 Å². The molecule has 0 aliphatic carbocycles. The maximum atomic E-state index is 12.4. The van der Waals surface area contributed by atoms with Gasteiger partial charge in [0.2, 0.25) is 5.91 Å². The normalized spacial score (nSPS) is 12.3. The maximum absolute atomic E-state index is 12.4. The van der Waals surface area contributed by atoms with E-state index in [1.807, 2.05) is 49.4 Å². The first-order valence-corrected chi connectivity index (χ1v) is 8.63. The zero-order valence-corrected chi connectivity index (χ0v) is 15.7. The lowest BCUT2D eigenvalue weighted by atomic mass is 9.99. The average molecular weight is 354 g/mol. The molecule has 1 atom stereocenters. The number of carbonyl (C=O) groups is 2. The summed E-state index contributed by atoms with van der Waals surface area (Å²) in [7, 11) is 0. The van der Waals surface area contributed by atoms with Gasteiger partial charge >= 0.3 is 0 Å². The van der Waals surface area contributed by atoms with Gasteiger partial charge in [0.25, 0.3) is 5.91 Å². The van der Waals surface area contributed by atoms with E-state index >= 15 is 0 Å². The number of carbonyl (C=O) groups excluding carboxylic acids is 2. The molecule has 5 heteroatoms. The molecule has 0 bridgehead atoms. The molecule has 138 valence electrons. The molecule has 26 heavy (non-hydrogen) atoms. The Hall–Kier alpha value is -2.66. The Balaban J connectivity index is 2.19. The summed E-state index contributed by atoms with van der Waals surface area (Å²) >= 11 is 0. The van der Waals surface area contributed by atoms with Gasteiger partial charge in [-0.05, 0) is 49.6 Å². The minimum atomic E-state index is -0.672. The second-order valence-electron chi connectivity index (χ2n) is 7.12. The van der Waals surface area contributed by atoms with E-state index in [2.05, 4.69) is 10.6 Å². The number of hydrogen-bond donors (Lipinski definition) is 3. The van der Waals surface area contributed by atoms with Crippen molar-refractivity contribution in [3.8, 4) is 11.1 Å². The first kappa shape index (κ1) is 19.7. The van der Waals surface area contributed by atoms with E-state index < -0.39 is 5.54 Å². The van der Waals surface area contributed by atoms with E-state index in [0.29, 0.717) is 5.56 Å². The minimum Gasteiger partial charge on any atom is -0.394 e. The molecule has 3 N–H and O–H groups in total. The lowest BCUT2D eigenvalue weighted by Crippen LogP contribution is -2.46. The number of rotatable bonds is 6. The van der Waals surface area contributed by atoms with Crippen LogP contribution in [0.5, 0.6) is 0 Å². The van der Waals surface area contributed by atoms with Gasteiger partial charge < -0.3 is 15.7 Å². The fourth-order valence-electron chi connectivity index (χ4n) is 2.61. The number of aliphatic hydroxyl groups is 1. The van der Waals surface area contributed by atoms with E-state index in [1.54, 1.807) is 19.9 Å². The third-order valence-corrected chi connectivity index (χ3v) is 4.14. The molecule has 0 aromatic heterocycles. The van der Waals surface area contributed by atoms with Gasteiger partial charge in [-0.1, -0.05) is 36.4 Å². The van der Waals surface area contributed by atoms with Gasteiger partial charge in [-0.25, -0.2) is 0 Å². The Labute approximate surface area is 154 Å². The van der Waals surface area contributed by atoms with Gasteiger partial charge in [0.1, 0.15) is 0 Å². The van der Waals surface area contributed by atoms with Gasteiger partial charge in [-0.15, -0.1) is 0 Å². The van der Waals surface area contributed by atoms with Crippen LogP contribution in [0.4, 0.5) is 0 Å². The van der Waals surface area contributed by atoms with Gasteiger partial charge in [-0.3, -0.25) is 9.59 Å². The van der Waals surface area contributed by atoms with E-state index in [4.69, 9.17) is 0 Å². The summed E-state index contributed by atoms with van der Waals surface area (Å²) in [5, 5.41) is 15.0. The standard InChI is InChI=1S/C21H26N2O3/c1-14(22-15(2)25)16-8-10-17(11-9-16)18-6-5-7-19(12-18)20(26)23-21(3,4)13-24/h5-12,14,24H,13H2,1-4H3,(H,22,25)(H,23,26)/t14-/m1/s1. The molecule has 2 aromatic carbocycles. The lowest BCUT2D eigenvalue weighted by Gasteiger charge is -2.23. The Bertz CT molecular complexity index is 782. The SMILES string of the molecule is CC(=O)N[C@H](C)c1ccc(-c2cccc(C(=O)NC(C)(C)CO)c2)cc1. The molecule has 0 aliphatic rings. The highest BCUT2D eigenvalue weighted by atomic mass is 16.3. The monoisotopic (exact) mass is 354 g/mol. The van der Waals surface area contributed by atoms with Crippen molar-refractivity contribution in [3.63, 3.8) is 0 Å². The quantitative estimate of drug-likeness (QED) is 0.746. The summed E-state index contributed by atoms with van der Waals surface area (Å²) in [4.78, 5) is 23.6. The third kappa shape index (κ3) is 5.17. The highest BCUT2D eigenvalue weighted by molar-refractivity contribution is 5.95. The Morgan fingerprint density at radius 2 is 1.73 bits per heavy atom. The highest BCUT2D eigenvalue weighted by Gasteiger charge is 2.20. The molecule has 2 aromatic rings. The van der Waals surface area contributed by atoms with E-state index in [1.165, 1.54) is 6.92 Å². The minimum absolute atomic E-state index is 0.0561. The largest absolute Gasteiger partial charge is 0.394 e. The molecular weight excluding hydrogens is 328 g/mol. The number of nitrogens with one attached hydrogen (secondary N) is 2. The molecule has 0 fully saturated rings. The van der Waals surface area contributed by atoms with Crippen LogP contribution in [0, 0.1) is 0 Å². The van der Waals surface area contributed by atoms with Crippen molar-refractivity contribution < 1.29 is 14.7 Å². The summed E-state index contributed by atoms with van der Waals surface area (Å²) in [6, 6.07) is 15.2. The summed E-state index contributed by atoms with van der Waals surface area (Å²) in [5.74, 6) is -0.284. The van der Waals surface area contributed by atoms with Gasteiger partial charge in [0.05, 0.1) is 18.2 Å². The third-order valence-electron chi connectivity index (χ3n) is 4.14. The predicted octanol–water partition coefficient (Wildman–Crippen LogP) is 3.05. The van der Waals surface area contributed by atoms with Crippen molar-refractivity contribution in [2.75, 3.05) is 6.61 Å². The summed E-state index contributed by atoms with van der Waals surface area (Å²) < 4.78 is 0. The van der Waals surface area contributed by atoms with Crippen LogP contribution in [0.1, 0.15) is 49.7 Å². The second kappa shape index (κ2) is 8.15. The topological polar surface area (TPSA) is 78.4 Å². The molecule has 5 nitrogen and oxygen atoms in total. The van der Waals surface area contributed by atoms with Gasteiger partial charge in [-0.2, -0.15) is 0 Å². The molecule has 2 amide bonds. The first-order valence-electron chi connectivity index (χ1n) is 8.63. The van der Waals surface area contributed by atoms with Crippen LogP contribution in [0.25, 0.3) is 11.1 Å². The number of hydrogen-bond acceptors (Lipinski definition) is 3. The maximum Gasteiger partial charge on any atom is 0.251 e. The first-order chi connectivity index (χ1) is 12.2. The molecule has 0 aliphatic heterocycles. The van der Waals surface area contributed by atoms with Crippen LogP contribution < -0.4 is 10.6 Å². The molecule has 0 spiro atoms. The van der Waals surface area contributed by atoms with E-state index in [0.717, 1.165) is 16.7 Å².